The number of halogens is 3. The number of ketones is 1. The van der Waals surface area contributed by atoms with Gasteiger partial charge in [-0.15, -0.1) is 0 Å². The molecule has 0 amide bonds. The quantitative estimate of drug-likeness (QED) is 0.597. The van der Waals surface area contributed by atoms with E-state index in [0.29, 0.717) is 5.56 Å². The third-order valence-corrected chi connectivity index (χ3v) is 2.80. The molecule has 1 aromatic heterocycles. The van der Waals surface area contributed by atoms with Crippen LogP contribution in [0.2, 0.25) is 0 Å². The molecule has 106 valence electrons. The summed E-state index contributed by atoms with van der Waals surface area (Å²) in [5.74, 6) is -1.12. The predicted molar refractivity (Wildman–Crippen MR) is 63.8 cm³/mol. The molecule has 5 nitrogen and oxygen atoms in total. The van der Waals surface area contributed by atoms with Crippen LogP contribution in [0.4, 0.5) is 13.2 Å². The van der Waals surface area contributed by atoms with Gasteiger partial charge in [-0.1, -0.05) is 6.07 Å². The molecule has 0 bridgehead atoms. The van der Waals surface area contributed by atoms with Crippen LogP contribution in [0.5, 0.6) is 0 Å². The van der Waals surface area contributed by atoms with Crippen LogP contribution in [0.1, 0.15) is 28.7 Å². The van der Waals surface area contributed by atoms with Crippen molar-refractivity contribution in [3.63, 3.8) is 0 Å². The van der Waals surface area contributed by atoms with Gasteiger partial charge in [0.1, 0.15) is 5.52 Å². The Labute approximate surface area is 110 Å². The van der Waals surface area contributed by atoms with Gasteiger partial charge in [0, 0.05) is 17.9 Å². The van der Waals surface area contributed by atoms with E-state index in [1.165, 1.54) is 12.1 Å². The third-order valence-electron chi connectivity index (χ3n) is 2.80. The fourth-order valence-electron chi connectivity index (χ4n) is 1.96. The number of hydrogen-bond donors (Lipinski definition) is 0. The van der Waals surface area contributed by atoms with Gasteiger partial charge in [-0.05, 0) is 18.6 Å². The summed E-state index contributed by atoms with van der Waals surface area (Å²) in [5.41, 5.74) is -3.14. The van der Waals surface area contributed by atoms with Crippen LogP contribution in [0.25, 0.3) is 11.0 Å². The molecule has 0 radical (unpaired) electrons. The molecule has 0 spiro atoms. The van der Waals surface area contributed by atoms with Crippen LogP contribution in [-0.2, 0) is 6.18 Å². The second-order valence-corrected chi connectivity index (χ2v) is 4.33. The number of aryl methyl sites for hydroxylation is 1. The number of Topliss-reactive ketones (excluding diaryl/α,β-unsaturated/α-hetero) is 1. The minimum absolute atomic E-state index is 0.137. The summed E-state index contributed by atoms with van der Waals surface area (Å²) in [4.78, 5) is 23.3. The largest absolute Gasteiger partial charge is 0.805 e. The number of alkyl halides is 3. The summed E-state index contributed by atoms with van der Waals surface area (Å²) >= 11 is 0. The van der Waals surface area contributed by atoms with Gasteiger partial charge >= 0.3 is 11.9 Å². The standard InChI is InChI=1S/C12H9F3N2O3/c1-6-3-4-8-9(5-6)16(19)10(7(2)18)11(17(8)20)12(13,14)15/h3-5H,1-2H3. The van der Waals surface area contributed by atoms with E-state index < -0.39 is 33.6 Å². The lowest BCUT2D eigenvalue weighted by molar-refractivity contribution is -0.470. The van der Waals surface area contributed by atoms with Crippen molar-refractivity contribution in [1.29, 1.82) is 0 Å². The zero-order valence-corrected chi connectivity index (χ0v) is 10.5. The van der Waals surface area contributed by atoms with Gasteiger partial charge < -0.3 is 9.94 Å². The number of rotatable bonds is 1. The molecule has 0 aliphatic rings. The molecule has 0 N–H and O–H groups in total. The number of nitrogens with zero attached hydrogens (tertiary/aromatic N) is 2. The molecule has 1 aromatic carbocycles. The zero-order chi connectivity index (χ0) is 15.2. The van der Waals surface area contributed by atoms with Crippen LogP contribution in [0.3, 0.4) is 0 Å². The molecule has 1 heterocycles. The van der Waals surface area contributed by atoms with E-state index in [-0.39, 0.29) is 9.94 Å². The lowest BCUT2D eigenvalue weighted by atomic mass is 10.1. The summed E-state index contributed by atoms with van der Waals surface area (Å²) in [6.45, 7) is 2.42. The highest BCUT2D eigenvalue weighted by atomic mass is 19.4. The Morgan fingerprint density at radius 3 is 2.45 bits per heavy atom. The summed E-state index contributed by atoms with van der Waals surface area (Å²) in [7, 11) is 0. The van der Waals surface area contributed by atoms with E-state index in [2.05, 4.69) is 0 Å². The molecule has 0 aliphatic carbocycles. The second-order valence-electron chi connectivity index (χ2n) is 4.33. The van der Waals surface area contributed by atoms with Crippen molar-refractivity contribution in [3.8, 4) is 0 Å². The van der Waals surface area contributed by atoms with Gasteiger partial charge in [-0.3, -0.25) is 4.79 Å². The van der Waals surface area contributed by atoms with Crippen molar-refractivity contribution in [2.24, 2.45) is 0 Å². The van der Waals surface area contributed by atoms with Gasteiger partial charge in [0.05, 0.1) is 4.43 Å². The minimum atomic E-state index is -5.10. The fourth-order valence-corrected chi connectivity index (χ4v) is 1.96. The number of carbonyl (C=O) groups excluding carboxylic acids is 1. The molecular formula is C12H9F3N2O3. The number of benzene rings is 1. The maximum Gasteiger partial charge on any atom is 0.438 e. The molecule has 2 aromatic rings. The second kappa shape index (κ2) is 4.32. The Hall–Kier alpha value is -2.38. The first-order valence-corrected chi connectivity index (χ1v) is 5.52. The molecule has 0 atom stereocenters. The first-order chi connectivity index (χ1) is 9.14. The first-order valence-electron chi connectivity index (χ1n) is 5.52. The Morgan fingerprint density at radius 2 is 1.95 bits per heavy atom. The van der Waals surface area contributed by atoms with Gasteiger partial charge in [0.25, 0.3) is 5.52 Å². The number of carbonyl (C=O) groups is 1. The summed E-state index contributed by atoms with van der Waals surface area (Å²) < 4.78 is 38.2. The van der Waals surface area contributed by atoms with Gasteiger partial charge in [0.2, 0.25) is 11.5 Å². The summed E-state index contributed by atoms with van der Waals surface area (Å²) in [6.07, 6.45) is -5.10. The third kappa shape index (κ3) is 2.02. The van der Waals surface area contributed by atoms with Crippen LogP contribution in [-0.4, -0.2) is 10.5 Å². The number of hydrogen-bond acceptors (Lipinski definition) is 3. The van der Waals surface area contributed by atoms with Gasteiger partial charge in [-0.2, -0.15) is 13.2 Å². The van der Waals surface area contributed by atoms with Crippen molar-refractivity contribution in [2.45, 2.75) is 20.0 Å². The predicted octanol–water partition coefficient (Wildman–Crippen LogP) is 2.43. The molecule has 2 rings (SSSR count). The Morgan fingerprint density at radius 1 is 1.35 bits per heavy atom. The number of aromatic nitrogens is 2. The van der Waals surface area contributed by atoms with E-state index in [1.807, 2.05) is 0 Å². The van der Waals surface area contributed by atoms with Crippen LogP contribution >= 0.6 is 0 Å². The topological polar surface area (TPSA) is 68.0 Å². The highest BCUT2D eigenvalue weighted by Gasteiger charge is 2.43. The smallest absolute Gasteiger partial charge is 0.438 e. The normalized spacial score (nSPS) is 11.8. The van der Waals surface area contributed by atoms with Gasteiger partial charge in [0.15, 0.2) is 0 Å². The van der Waals surface area contributed by atoms with Crippen LogP contribution in [0, 0.1) is 17.0 Å². The highest BCUT2D eigenvalue weighted by molar-refractivity contribution is 5.93. The van der Waals surface area contributed by atoms with Crippen molar-refractivity contribution in [1.82, 2.24) is 4.73 Å². The molecule has 0 unspecified atom stereocenters. The SMILES string of the molecule is CC(=O)c1c(C(F)(F)F)n([O-])c2ccc(C)cc2[n+]1=O. The van der Waals surface area contributed by atoms with E-state index in [0.717, 1.165) is 13.0 Å². The Bertz CT molecular complexity index is 778. The average molecular weight is 286 g/mol. The summed E-state index contributed by atoms with van der Waals surface area (Å²) in [6, 6.07) is 3.78. The molecule has 8 heteroatoms. The monoisotopic (exact) mass is 286 g/mol. The minimum Gasteiger partial charge on any atom is -0.805 e. The van der Waals surface area contributed by atoms with E-state index in [1.54, 1.807) is 6.92 Å². The maximum atomic E-state index is 12.9. The van der Waals surface area contributed by atoms with E-state index in [9.17, 15) is 28.1 Å². The van der Waals surface area contributed by atoms with Crippen molar-refractivity contribution >= 4 is 16.8 Å². The number of fused-ring (bicyclic) bond motifs is 1. The molecule has 0 saturated carbocycles. The van der Waals surface area contributed by atoms with Crippen molar-refractivity contribution in [2.75, 3.05) is 0 Å². The molecule has 0 aliphatic heterocycles. The Balaban J connectivity index is 3.11. The van der Waals surface area contributed by atoms with Crippen LogP contribution in [0.15, 0.2) is 18.2 Å². The molecule has 0 fully saturated rings. The first kappa shape index (κ1) is 14.0. The molecular weight excluding hydrogens is 277 g/mol. The van der Waals surface area contributed by atoms with Crippen LogP contribution < -0.4 is 4.43 Å². The average Bonchev–Trinajstić information content (AvgIpc) is 2.31. The van der Waals surface area contributed by atoms with Gasteiger partial charge in [-0.25, -0.2) is 0 Å². The molecule has 20 heavy (non-hydrogen) atoms. The van der Waals surface area contributed by atoms with E-state index >= 15 is 0 Å². The van der Waals surface area contributed by atoms with E-state index in [4.69, 9.17) is 0 Å². The van der Waals surface area contributed by atoms with Crippen molar-refractivity contribution < 1.29 is 22.4 Å². The summed E-state index contributed by atoms with van der Waals surface area (Å²) in [5, 5.41) is 11.9. The van der Waals surface area contributed by atoms with Crippen molar-refractivity contribution in [3.05, 3.63) is 45.3 Å². The zero-order valence-electron chi connectivity index (χ0n) is 10.5. The lowest BCUT2D eigenvalue weighted by Gasteiger charge is -2.20. The Kier molecular flexibility index (Phi) is 3.04. The molecule has 0 saturated heterocycles. The maximum absolute atomic E-state index is 12.9. The highest BCUT2D eigenvalue weighted by Crippen LogP contribution is 2.32. The lowest BCUT2D eigenvalue weighted by Crippen LogP contribution is -2.33. The fraction of sp³-hybridized carbons (Fsp3) is 0.250.